The van der Waals surface area contributed by atoms with Gasteiger partial charge in [0.15, 0.2) is 0 Å². The number of rotatable bonds is 1. The molecule has 1 aromatic carbocycles. The Balaban J connectivity index is 0.00000112. The van der Waals surface area contributed by atoms with E-state index >= 15 is 0 Å². The van der Waals surface area contributed by atoms with Crippen molar-refractivity contribution >= 4 is 24.0 Å². The maximum Gasteiger partial charge on any atom is 0.138 e. The summed E-state index contributed by atoms with van der Waals surface area (Å²) in [4.78, 5) is 0. The van der Waals surface area contributed by atoms with E-state index in [4.69, 9.17) is 11.6 Å². The average molecular weight is 248 g/mol. The quantitative estimate of drug-likeness (QED) is 0.799. The summed E-state index contributed by atoms with van der Waals surface area (Å²) < 4.78 is 0. The van der Waals surface area contributed by atoms with Crippen LogP contribution in [0, 0.1) is 0 Å². The molecule has 2 N–H and O–H groups in total. The molecule has 0 aliphatic carbocycles. The van der Waals surface area contributed by atoms with Gasteiger partial charge in [0.2, 0.25) is 0 Å². The van der Waals surface area contributed by atoms with Crippen molar-refractivity contribution in [2.75, 3.05) is 6.54 Å². The predicted molar refractivity (Wildman–Crippen MR) is 65.0 cm³/mol. The third-order valence-electron chi connectivity index (χ3n) is 2.70. The second-order valence-electron chi connectivity index (χ2n) is 3.68. The first-order valence-corrected chi connectivity index (χ1v) is 5.37. The number of benzene rings is 1. The zero-order valence-corrected chi connectivity index (χ0v) is 9.94. The van der Waals surface area contributed by atoms with Crippen LogP contribution in [-0.2, 0) is 0 Å². The van der Waals surface area contributed by atoms with Gasteiger partial charge in [0.1, 0.15) is 5.75 Å². The van der Waals surface area contributed by atoms with E-state index in [1.807, 2.05) is 12.1 Å². The van der Waals surface area contributed by atoms with E-state index in [-0.39, 0.29) is 24.2 Å². The van der Waals surface area contributed by atoms with Gasteiger partial charge in [0.05, 0.1) is 5.02 Å². The van der Waals surface area contributed by atoms with Gasteiger partial charge < -0.3 is 10.4 Å². The van der Waals surface area contributed by atoms with Crippen LogP contribution in [0.2, 0.25) is 5.02 Å². The molecule has 0 radical (unpaired) electrons. The Morgan fingerprint density at radius 1 is 1.33 bits per heavy atom. The number of halogens is 2. The molecule has 2 nitrogen and oxygen atoms in total. The number of piperidine rings is 1. The Morgan fingerprint density at radius 3 is 2.80 bits per heavy atom. The SMILES string of the molecule is Cl.Oc1c(Cl)cccc1[C@H]1CCCCN1. The molecule has 15 heavy (non-hydrogen) atoms. The van der Waals surface area contributed by atoms with Crippen molar-refractivity contribution in [3.63, 3.8) is 0 Å². The van der Waals surface area contributed by atoms with Crippen LogP contribution < -0.4 is 5.32 Å². The summed E-state index contributed by atoms with van der Waals surface area (Å²) in [5, 5.41) is 13.6. The van der Waals surface area contributed by atoms with E-state index in [0.717, 1.165) is 18.5 Å². The molecule has 0 amide bonds. The number of phenolic OH excluding ortho intramolecular Hbond substituents is 1. The van der Waals surface area contributed by atoms with Crippen LogP contribution in [0.25, 0.3) is 0 Å². The van der Waals surface area contributed by atoms with Crippen LogP contribution in [-0.4, -0.2) is 11.7 Å². The number of para-hydroxylation sites is 1. The highest BCUT2D eigenvalue weighted by atomic mass is 35.5. The Labute approximate surface area is 101 Å². The number of nitrogens with one attached hydrogen (secondary N) is 1. The van der Waals surface area contributed by atoms with Crippen molar-refractivity contribution in [2.45, 2.75) is 25.3 Å². The molecule has 1 aliphatic heterocycles. The lowest BCUT2D eigenvalue weighted by Crippen LogP contribution is -2.26. The average Bonchev–Trinajstić information content (AvgIpc) is 2.23. The summed E-state index contributed by atoms with van der Waals surface area (Å²) in [5.74, 6) is 0.230. The third-order valence-corrected chi connectivity index (χ3v) is 3.01. The lowest BCUT2D eigenvalue weighted by Gasteiger charge is -2.24. The first-order valence-electron chi connectivity index (χ1n) is 5.00. The molecule has 1 aliphatic rings. The first kappa shape index (κ1) is 12.6. The highest BCUT2D eigenvalue weighted by Crippen LogP contribution is 2.34. The summed E-state index contributed by atoms with van der Waals surface area (Å²) in [6.45, 7) is 1.02. The largest absolute Gasteiger partial charge is 0.506 e. The van der Waals surface area contributed by atoms with Crippen molar-refractivity contribution in [1.82, 2.24) is 5.32 Å². The van der Waals surface area contributed by atoms with Crippen molar-refractivity contribution in [3.8, 4) is 5.75 Å². The normalized spacial score (nSPS) is 20.7. The van der Waals surface area contributed by atoms with Gasteiger partial charge in [-0.15, -0.1) is 12.4 Å². The summed E-state index contributed by atoms with van der Waals surface area (Å²) in [6.07, 6.45) is 3.51. The monoisotopic (exact) mass is 247 g/mol. The predicted octanol–water partition coefficient (Wildman–Crippen LogP) is 3.28. The van der Waals surface area contributed by atoms with E-state index in [1.165, 1.54) is 12.8 Å². The van der Waals surface area contributed by atoms with Crippen molar-refractivity contribution in [3.05, 3.63) is 28.8 Å². The molecule has 0 unspecified atom stereocenters. The summed E-state index contributed by atoms with van der Waals surface area (Å²) in [6, 6.07) is 5.80. The van der Waals surface area contributed by atoms with Gasteiger partial charge in [-0.25, -0.2) is 0 Å². The van der Waals surface area contributed by atoms with Gasteiger partial charge in [-0.3, -0.25) is 0 Å². The molecule has 1 atom stereocenters. The summed E-state index contributed by atoms with van der Waals surface area (Å²) in [5.41, 5.74) is 0.928. The second-order valence-corrected chi connectivity index (χ2v) is 4.09. The Morgan fingerprint density at radius 2 is 2.13 bits per heavy atom. The van der Waals surface area contributed by atoms with E-state index in [0.29, 0.717) is 5.02 Å². The number of aromatic hydroxyl groups is 1. The van der Waals surface area contributed by atoms with E-state index in [1.54, 1.807) is 6.07 Å². The Hall–Kier alpha value is -0.440. The summed E-state index contributed by atoms with van der Waals surface area (Å²) >= 11 is 5.86. The van der Waals surface area contributed by atoms with Crippen LogP contribution in [0.5, 0.6) is 5.75 Å². The zero-order chi connectivity index (χ0) is 9.97. The van der Waals surface area contributed by atoms with Crippen molar-refractivity contribution in [2.24, 2.45) is 0 Å². The first-order chi connectivity index (χ1) is 6.79. The molecular formula is C11H15Cl2NO. The van der Waals surface area contributed by atoms with Gasteiger partial charge in [0.25, 0.3) is 0 Å². The van der Waals surface area contributed by atoms with Crippen LogP contribution >= 0.6 is 24.0 Å². The summed E-state index contributed by atoms with van der Waals surface area (Å²) in [7, 11) is 0. The minimum Gasteiger partial charge on any atom is -0.506 e. The lowest BCUT2D eigenvalue weighted by molar-refractivity contribution is 0.391. The number of hydrogen-bond donors (Lipinski definition) is 2. The Bertz CT molecular complexity index is 324. The topological polar surface area (TPSA) is 32.3 Å². The molecule has 0 bridgehead atoms. The van der Waals surface area contributed by atoms with E-state index < -0.39 is 0 Å². The molecule has 4 heteroatoms. The molecule has 1 heterocycles. The lowest BCUT2D eigenvalue weighted by atomic mass is 9.97. The highest BCUT2D eigenvalue weighted by Gasteiger charge is 2.18. The maximum atomic E-state index is 9.78. The minimum absolute atomic E-state index is 0. The third kappa shape index (κ3) is 2.77. The molecule has 1 aromatic rings. The fourth-order valence-electron chi connectivity index (χ4n) is 1.93. The number of phenols is 1. The van der Waals surface area contributed by atoms with Gasteiger partial charge in [0, 0.05) is 11.6 Å². The zero-order valence-electron chi connectivity index (χ0n) is 8.37. The molecule has 84 valence electrons. The van der Waals surface area contributed by atoms with Gasteiger partial charge in [-0.05, 0) is 25.5 Å². The van der Waals surface area contributed by atoms with Gasteiger partial charge >= 0.3 is 0 Å². The van der Waals surface area contributed by atoms with Crippen LogP contribution in [0.4, 0.5) is 0 Å². The van der Waals surface area contributed by atoms with Gasteiger partial charge in [-0.2, -0.15) is 0 Å². The van der Waals surface area contributed by atoms with Crippen LogP contribution in [0.3, 0.4) is 0 Å². The highest BCUT2D eigenvalue weighted by molar-refractivity contribution is 6.32. The molecule has 1 fully saturated rings. The maximum absolute atomic E-state index is 9.78. The molecular weight excluding hydrogens is 233 g/mol. The number of hydrogen-bond acceptors (Lipinski definition) is 2. The van der Waals surface area contributed by atoms with Crippen molar-refractivity contribution < 1.29 is 5.11 Å². The standard InChI is InChI=1S/C11H14ClNO.ClH/c12-9-5-3-4-8(11(9)14)10-6-1-2-7-13-10;/h3-5,10,13-14H,1-2,6-7H2;1H/t10-;/m1./s1. The van der Waals surface area contributed by atoms with Crippen LogP contribution in [0.15, 0.2) is 18.2 Å². The minimum atomic E-state index is 0. The van der Waals surface area contributed by atoms with Crippen molar-refractivity contribution in [1.29, 1.82) is 0 Å². The molecule has 2 rings (SSSR count). The fourth-order valence-corrected chi connectivity index (χ4v) is 2.11. The molecule has 0 saturated carbocycles. The van der Waals surface area contributed by atoms with Crippen LogP contribution in [0.1, 0.15) is 30.9 Å². The van der Waals surface area contributed by atoms with Gasteiger partial charge in [-0.1, -0.05) is 30.2 Å². The molecule has 1 saturated heterocycles. The van der Waals surface area contributed by atoms with E-state index in [9.17, 15) is 5.11 Å². The fraction of sp³-hybridized carbons (Fsp3) is 0.455. The molecule has 0 aromatic heterocycles. The molecule has 0 spiro atoms. The van der Waals surface area contributed by atoms with E-state index in [2.05, 4.69) is 5.32 Å². The second kappa shape index (κ2) is 5.59. The smallest absolute Gasteiger partial charge is 0.138 e. The Kier molecular flexibility index (Phi) is 4.71.